The molecule has 10 aromatic rings. The van der Waals surface area contributed by atoms with E-state index in [0.717, 1.165) is 33.5 Å². The molecule has 0 saturated heterocycles. The molecule has 4 heterocycles. The molecule has 4 aromatic heterocycles. The Morgan fingerprint density at radius 1 is 0.364 bits per heavy atom. The van der Waals surface area contributed by atoms with Crippen molar-refractivity contribution in [2.24, 2.45) is 0 Å². The largest absolute Gasteiger partial charge is 0.308 e. The normalized spacial score (nSPS) is 12.1. The molecule has 6 aromatic carbocycles. The van der Waals surface area contributed by atoms with Crippen LogP contribution in [0.4, 0.5) is 0 Å². The molecule has 0 aliphatic rings. The van der Waals surface area contributed by atoms with E-state index in [1.54, 1.807) is 0 Å². The Morgan fingerprint density at radius 2 is 0.864 bits per heavy atom. The van der Waals surface area contributed by atoms with Crippen LogP contribution in [0.15, 0.2) is 146 Å². The average Bonchev–Trinajstić information content (AvgIpc) is 3.73. The standard InChI is InChI=1S/C40H24N4/c1-3-12-25(13-4-1)33-24-34(26-14-5-2-6-15-26)42-40(41-33)44-36-21-10-8-17-28(36)31-22-37-32(23-38(31)44)30-19-11-18-29-27-16-7-9-20-35(27)43(37)39(29)30/h1-24H. The van der Waals surface area contributed by atoms with E-state index in [9.17, 15) is 0 Å². The van der Waals surface area contributed by atoms with Crippen LogP contribution in [0.25, 0.3) is 88.4 Å². The van der Waals surface area contributed by atoms with Crippen molar-refractivity contribution in [3.8, 4) is 28.5 Å². The van der Waals surface area contributed by atoms with Crippen molar-refractivity contribution in [2.75, 3.05) is 0 Å². The van der Waals surface area contributed by atoms with Crippen molar-refractivity contribution in [2.45, 2.75) is 0 Å². The van der Waals surface area contributed by atoms with Gasteiger partial charge < -0.3 is 4.40 Å². The summed E-state index contributed by atoms with van der Waals surface area (Å²) in [5.41, 5.74) is 9.84. The SMILES string of the molecule is c1ccc(-c2cc(-c3ccccc3)nc(-n3c4ccccc4c4cc5c(cc43)c3cccc4c6ccccc6n5c43)n2)cc1. The van der Waals surface area contributed by atoms with Crippen LogP contribution in [0.3, 0.4) is 0 Å². The fourth-order valence-electron chi connectivity index (χ4n) is 7.15. The molecule has 0 atom stereocenters. The number of rotatable bonds is 3. The zero-order chi connectivity index (χ0) is 28.8. The smallest absolute Gasteiger partial charge is 0.235 e. The van der Waals surface area contributed by atoms with Crippen molar-refractivity contribution in [3.05, 3.63) is 146 Å². The first-order valence-corrected chi connectivity index (χ1v) is 14.9. The van der Waals surface area contributed by atoms with E-state index in [4.69, 9.17) is 9.97 Å². The van der Waals surface area contributed by atoms with E-state index in [0.29, 0.717) is 5.95 Å². The monoisotopic (exact) mass is 560 g/mol. The molecule has 0 spiro atoms. The van der Waals surface area contributed by atoms with Crippen LogP contribution in [0, 0.1) is 0 Å². The van der Waals surface area contributed by atoms with E-state index >= 15 is 0 Å². The van der Waals surface area contributed by atoms with Crippen LogP contribution < -0.4 is 0 Å². The molecule has 0 N–H and O–H groups in total. The van der Waals surface area contributed by atoms with Gasteiger partial charge in [-0.2, -0.15) is 0 Å². The molecule has 0 bridgehead atoms. The summed E-state index contributed by atoms with van der Waals surface area (Å²) < 4.78 is 4.69. The number of nitrogens with zero attached hydrogens (tertiary/aromatic N) is 4. The Bertz CT molecular complexity index is 2640. The van der Waals surface area contributed by atoms with Gasteiger partial charge in [0.15, 0.2) is 0 Å². The van der Waals surface area contributed by atoms with Gasteiger partial charge in [0.05, 0.1) is 39.0 Å². The van der Waals surface area contributed by atoms with Gasteiger partial charge in [-0.3, -0.25) is 4.57 Å². The van der Waals surface area contributed by atoms with Gasteiger partial charge in [0.1, 0.15) is 0 Å². The number of aromatic nitrogens is 4. The van der Waals surface area contributed by atoms with Crippen molar-refractivity contribution in [3.63, 3.8) is 0 Å². The highest BCUT2D eigenvalue weighted by molar-refractivity contribution is 6.26. The van der Waals surface area contributed by atoms with Crippen LogP contribution in [0.2, 0.25) is 0 Å². The quantitative estimate of drug-likeness (QED) is 0.215. The fraction of sp³-hybridized carbons (Fsp3) is 0. The third kappa shape index (κ3) is 3.17. The molecule has 4 nitrogen and oxygen atoms in total. The summed E-state index contributed by atoms with van der Waals surface area (Å²) in [6.07, 6.45) is 0. The van der Waals surface area contributed by atoms with E-state index in [1.165, 1.54) is 48.9 Å². The van der Waals surface area contributed by atoms with E-state index in [-0.39, 0.29) is 0 Å². The zero-order valence-corrected chi connectivity index (χ0v) is 23.6. The predicted octanol–water partition coefficient (Wildman–Crippen LogP) is 10.1. The van der Waals surface area contributed by atoms with Gasteiger partial charge in [0.25, 0.3) is 0 Å². The lowest BCUT2D eigenvalue weighted by Crippen LogP contribution is -2.04. The zero-order valence-electron chi connectivity index (χ0n) is 23.6. The second-order valence-corrected chi connectivity index (χ2v) is 11.5. The molecule has 44 heavy (non-hydrogen) atoms. The highest BCUT2D eigenvalue weighted by Crippen LogP contribution is 2.42. The molecule has 0 aliphatic carbocycles. The Morgan fingerprint density at radius 3 is 1.55 bits per heavy atom. The van der Waals surface area contributed by atoms with E-state index < -0.39 is 0 Å². The number of hydrogen-bond donors (Lipinski definition) is 0. The Balaban J connectivity index is 1.35. The topological polar surface area (TPSA) is 35.1 Å². The van der Waals surface area contributed by atoms with Crippen LogP contribution in [-0.4, -0.2) is 18.9 Å². The number of benzene rings is 6. The predicted molar refractivity (Wildman–Crippen MR) is 182 cm³/mol. The highest BCUT2D eigenvalue weighted by atomic mass is 15.2. The second kappa shape index (κ2) is 8.76. The average molecular weight is 561 g/mol. The minimum absolute atomic E-state index is 0.664. The van der Waals surface area contributed by atoms with Gasteiger partial charge >= 0.3 is 0 Å². The Kier molecular flexibility index (Phi) is 4.69. The third-order valence-electron chi connectivity index (χ3n) is 9.07. The van der Waals surface area contributed by atoms with Crippen LogP contribution >= 0.6 is 0 Å². The van der Waals surface area contributed by atoms with Gasteiger partial charge in [-0.25, -0.2) is 9.97 Å². The molecule has 0 aliphatic heterocycles. The van der Waals surface area contributed by atoms with Crippen LogP contribution in [0.5, 0.6) is 0 Å². The van der Waals surface area contributed by atoms with Crippen molar-refractivity contribution in [1.29, 1.82) is 0 Å². The summed E-state index contributed by atoms with van der Waals surface area (Å²) in [7, 11) is 0. The van der Waals surface area contributed by atoms with Crippen LogP contribution in [0.1, 0.15) is 0 Å². The van der Waals surface area contributed by atoms with Gasteiger partial charge in [-0.1, -0.05) is 115 Å². The molecule has 10 rings (SSSR count). The van der Waals surface area contributed by atoms with E-state index in [1.807, 2.05) is 12.1 Å². The first-order valence-electron chi connectivity index (χ1n) is 14.9. The van der Waals surface area contributed by atoms with Gasteiger partial charge in [-0.15, -0.1) is 0 Å². The molecular formula is C40H24N4. The van der Waals surface area contributed by atoms with Gasteiger partial charge in [0.2, 0.25) is 5.95 Å². The highest BCUT2D eigenvalue weighted by Gasteiger charge is 2.21. The Hall–Kier alpha value is -6.00. The lowest BCUT2D eigenvalue weighted by Gasteiger charge is -2.12. The number of para-hydroxylation sites is 3. The van der Waals surface area contributed by atoms with Crippen molar-refractivity contribution < 1.29 is 0 Å². The molecule has 4 heteroatoms. The minimum Gasteiger partial charge on any atom is -0.308 e. The maximum Gasteiger partial charge on any atom is 0.235 e. The lowest BCUT2D eigenvalue weighted by molar-refractivity contribution is 0.996. The summed E-state index contributed by atoms with van der Waals surface area (Å²) in [5, 5.41) is 7.44. The summed E-state index contributed by atoms with van der Waals surface area (Å²) in [6.45, 7) is 0. The first-order chi connectivity index (χ1) is 21.8. The van der Waals surface area contributed by atoms with Gasteiger partial charge in [-0.05, 0) is 30.3 Å². The summed E-state index contributed by atoms with van der Waals surface area (Å²) in [5.74, 6) is 0.664. The van der Waals surface area contributed by atoms with E-state index in [2.05, 4.69) is 142 Å². The minimum atomic E-state index is 0.664. The number of hydrogen-bond acceptors (Lipinski definition) is 2. The summed E-state index contributed by atoms with van der Waals surface area (Å²) in [6, 6.07) is 51.6. The first kappa shape index (κ1) is 23.6. The lowest BCUT2D eigenvalue weighted by atomic mass is 10.1. The van der Waals surface area contributed by atoms with Crippen molar-refractivity contribution >= 4 is 59.9 Å². The molecule has 0 unspecified atom stereocenters. The maximum absolute atomic E-state index is 5.22. The summed E-state index contributed by atoms with van der Waals surface area (Å²) in [4.78, 5) is 10.4. The Labute approximate surface area is 252 Å². The fourth-order valence-corrected chi connectivity index (χ4v) is 7.15. The third-order valence-corrected chi connectivity index (χ3v) is 9.07. The molecule has 204 valence electrons. The molecule has 0 amide bonds. The van der Waals surface area contributed by atoms with Crippen molar-refractivity contribution in [1.82, 2.24) is 18.9 Å². The molecule has 0 fully saturated rings. The maximum atomic E-state index is 5.22. The molecule has 0 radical (unpaired) electrons. The second-order valence-electron chi connectivity index (χ2n) is 11.5. The molecular weight excluding hydrogens is 536 g/mol. The van der Waals surface area contributed by atoms with Crippen LogP contribution in [-0.2, 0) is 0 Å². The summed E-state index contributed by atoms with van der Waals surface area (Å²) >= 11 is 0. The van der Waals surface area contributed by atoms with Gasteiger partial charge in [0, 0.05) is 43.4 Å². The molecule has 0 saturated carbocycles. The number of fused-ring (bicyclic) bond motifs is 9.